The molecule has 0 aromatic carbocycles. The minimum atomic E-state index is -0.0289. The van der Waals surface area contributed by atoms with Crippen molar-refractivity contribution in [3.05, 3.63) is 0 Å². The van der Waals surface area contributed by atoms with Gasteiger partial charge in [-0.15, -0.1) is 0 Å². The maximum absolute atomic E-state index is 9.11. The van der Waals surface area contributed by atoms with Crippen LogP contribution in [0.1, 0.15) is 25.7 Å². The molecule has 2 rings (SSSR count). The Kier molecular flexibility index (Phi) is 2.86. The van der Waals surface area contributed by atoms with Crippen molar-refractivity contribution in [1.82, 2.24) is 10.2 Å². The summed E-state index contributed by atoms with van der Waals surface area (Å²) in [6.45, 7) is 2.35. The number of aliphatic hydroxyl groups excluding tert-OH is 1. The third-order valence-corrected chi connectivity index (χ3v) is 3.43. The molecule has 3 heteroatoms. The predicted molar refractivity (Wildman–Crippen MR) is 52.7 cm³/mol. The smallest absolute Gasteiger partial charge is 0.0570 e. The molecule has 1 atom stereocenters. The van der Waals surface area contributed by atoms with Gasteiger partial charge in [-0.1, -0.05) is 0 Å². The summed E-state index contributed by atoms with van der Waals surface area (Å²) >= 11 is 0. The molecule has 0 spiro atoms. The molecule has 1 aliphatic heterocycles. The summed E-state index contributed by atoms with van der Waals surface area (Å²) in [5.74, 6) is 0. The van der Waals surface area contributed by atoms with Crippen LogP contribution < -0.4 is 5.32 Å². The first-order valence-electron chi connectivity index (χ1n) is 5.37. The lowest BCUT2D eigenvalue weighted by molar-refractivity contribution is 0.0602. The molecule has 13 heavy (non-hydrogen) atoms. The highest BCUT2D eigenvalue weighted by Gasteiger charge is 2.28. The normalized spacial score (nSPS) is 40.6. The molecule has 3 nitrogen and oxygen atoms in total. The molecule has 76 valence electrons. The second-order valence-corrected chi connectivity index (χ2v) is 4.51. The Morgan fingerprint density at radius 2 is 2.23 bits per heavy atom. The Morgan fingerprint density at radius 3 is 2.77 bits per heavy atom. The summed E-state index contributed by atoms with van der Waals surface area (Å²) in [6.07, 6.45) is 4.56. The minimum Gasteiger partial charge on any atom is -0.393 e. The first kappa shape index (κ1) is 9.44. The van der Waals surface area contributed by atoms with E-state index in [-0.39, 0.29) is 6.10 Å². The van der Waals surface area contributed by atoms with Crippen LogP contribution in [0.5, 0.6) is 0 Å². The number of likely N-dealkylation sites (tertiary alicyclic amines) is 1. The SMILES string of the molecule is CN1CCCC1CNC1CC(O)C1. The average molecular weight is 184 g/mol. The molecular weight excluding hydrogens is 164 g/mol. The van der Waals surface area contributed by atoms with E-state index in [2.05, 4.69) is 17.3 Å². The quantitative estimate of drug-likeness (QED) is 0.657. The van der Waals surface area contributed by atoms with Crippen molar-refractivity contribution in [2.45, 2.75) is 43.9 Å². The van der Waals surface area contributed by atoms with Gasteiger partial charge in [0.05, 0.1) is 6.10 Å². The number of likely N-dealkylation sites (N-methyl/N-ethyl adjacent to an activating group) is 1. The zero-order valence-corrected chi connectivity index (χ0v) is 8.37. The number of nitrogens with zero attached hydrogens (tertiary/aromatic N) is 1. The lowest BCUT2D eigenvalue weighted by atomic mass is 9.89. The maximum Gasteiger partial charge on any atom is 0.0570 e. The largest absolute Gasteiger partial charge is 0.393 e. The predicted octanol–water partition coefficient (Wildman–Crippen LogP) is 0.193. The lowest BCUT2D eigenvalue weighted by Crippen LogP contribution is -2.48. The fourth-order valence-corrected chi connectivity index (χ4v) is 2.29. The number of hydrogen-bond acceptors (Lipinski definition) is 3. The van der Waals surface area contributed by atoms with Gasteiger partial charge in [-0.05, 0) is 39.3 Å². The highest BCUT2D eigenvalue weighted by molar-refractivity contribution is 4.87. The molecule has 1 unspecified atom stereocenters. The molecule has 1 saturated heterocycles. The summed E-state index contributed by atoms with van der Waals surface area (Å²) in [5.41, 5.74) is 0. The molecule has 1 aliphatic carbocycles. The van der Waals surface area contributed by atoms with Crippen molar-refractivity contribution in [3.63, 3.8) is 0 Å². The van der Waals surface area contributed by atoms with Crippen LogP contribution in [0.2, 0.25) is 0 Å². The third-order valence-electron chi connectivity index (χ3n) is 3.43. The van der Waals surface area contributed by atoms with Crippen molar-refractivity contribution >= 4 is 0 Å². The highest BCUT2D eigenvalue weighted by atomic mass is 16.3. The highest BCUT2D eigenvalue weighted by Crippen LogP contribution is 2.20. The lowest BCUT2D eigenvalue weighted by Gasteiger charge is -2.33. The molecule has 1 saturated carbocycles. The van der Waals surface area contributed by atoms with Gasteiger partial charge in [0.1, 0.15) is 0 Å². The van der Waals surface area contributed by atoms with Crippen molar-refractivity contribution in [3.8, 4) is 0 Å². The van der Waals surface area contributed by atoms with E-state index in [4.69, 9.17) is 5.11 Å². The standard InChI is InChI=1S/C10H20N2O/c1-12-4-2-3-9(12)7-11-8-5-10(13)6-8/h8-11,13H,2-7H2,1H3. The monoisotopic (exact) mass is 184 g/mol. The van der Waals surface area contributed by atoms with Crippen LogP contribution in [0.25, 0.3) is 0 Å². The van der Waals surface area contributed by atoms with Crippen LogP contribution in [0, 0.1) is 0 Å². The summed E-state index contributed by atoms with van der Waals surface area (Å²) in [5, 5.41) is 12.6. The zero-order valence-electron chi connectivity index (χ0n) is 8.37. The van der Waals surface area contributed by atoms with Gasteiger partial charge in [-0.2, -0.15) is 0 Å². The van der Waals surface area contributed by atoms with Crippen molar-refractivity contribution in [1.29, 1.82) is 0 Å². The van der Waals surface area contributed by atoms with Crippen LogP contribution >= 0.6 is 0 Å². The van der Waals surface area contributed by atoms with Crippen LogP contribution in [-0.2, 0) is 0 Å². The Morgan fingerprint density at radius 1 is 1.46 bits per heavy atom. The van der Waals surface area contributed by atoms with Gasteiger partial charge in [0, 0.05) is 18.6 Å². The van der Waals surface area contributed by atoms with Gasteiger partial charge in [0.2, 0.25) is 0 Å². The van der Waals surface area contributed by atoms with E-state index in [1.54, 1.807) is 0 Å². The Balaban J connectivity index is 1.62. The minimum absolute atomic E-state index is 0.0289. The van der Waals surface area contributed by atoms with Crippen LogP contribution in [0.3, 0.4) is 0 Å². The van der Waals surface area contributed by atoms with Crippen LogP contribution in [-0.4, -0.2) is 48.3 Å². The number of hydrogen-bond donors (Lipinski definition) is 2. The van der Waals surface area contributed by atoms with E-state index < -0.39 is 0 Å². The van der Waals surface area contributed by atoms with E-state index in [0.717, 1.165) is 25.4 Å². The fraction of sp³-hybridized carbons (Fsp3) is 1.00. The summed E-state index contributed by atoms with van der Waals surface area (Å²) in [6, 6.07) is 1.32. The third kappa shape index (κ3) is 2.22. The van der Waals surface area contributed by atoms with E-state index >= 15 is 0 Å². The molecule has 2 aliphatic rings. The fourth-order valence-electron chi connectivity index (χ4n) is 2.29. The number of aliphatic hydroxyl groups is 1. The van der Waals surface area contributed by atoms with E-state index in [9.17, 15) is 0 Å². The molecule has 0 aromatic rings. The van der Waals surface area contributed by atoms with Gasteiger partial charge in [0.25, 0.3) is 0 Å². The summed E-state index contributed by atoms with van der Waals surface area (Å²) in [4.78, 5) is 2.43. The Hall–Kier alpha value is -0.120. The second-order valence-electron chi connectivity index (χ2n) is 4.51. The Labute approximate surface area is 80.1 Å². The first-order valence-corrected chi connectivity index (χ1v) is 5.37. The van der Waals surface area contributed by atoms with Crippen molar-refractivity contribution in [2.75, 3.05) is 20.1 Å². The van der Waals surface area contributed by atoms with E-state index in [1.807, 2.05) is 0 Å². The zero-order chi connectivity index (χ0) is 9.26. The van der Waals surface area contributed by atoms with Gasteiger partial charge < -0.3 is 15.3 Å². The summed E-state index contributed by atoms with van der Waals surface area (Å²) in [7, 11) is 2.20. The number of rotatable bonds is 3. The maximum atomic E-state index is 9.11. The molecule has 2 N–H and O–H groups in total. The molecule has 0 radical (unpaired) electrons. The number of nitrogens with one attached hydrogen (secondary N) is 1. The van der Waals surface area contributed by atoms with Gasteiger partial charge >= 0.3 is 0 Å². The molecule has 1 heterocycles. The van der Waals surface area contributed by atoms with Gasteiger partial charge in [-0.3, -0.25) is 0 Å². The van der Waals surface area contributed by atoms with E-state index in [1.165, 1.54) is 19.4 Å². The topological polar surface area (TPSA) is 35.5 Å². The molecule has 0 bridgehead atoms. The first-order chi connectivity index (χ1) is 6.25. The average Bonchev–Trinajstić information content (AvgIpc) is 2.43. The second kappa shape index (κ2) is 3.95. The molecule has 2 fully saturated rings. The van der Waals surface area contributed by atoms with Gasteiger partial charge in [-0.25, -0.2) is 0 Å². The molecular formula is C10H20N2O. The van der Waals surface area contributed by atoms with Gasteiger partial charge in [0.15, 0.2) is 0 Å². The molecule has 0 amide bonds. The Bertz CT molecular complexity index is 168. The van der Waals surface area contributed by atoms with Crippen molar-refractivity contribution in [2.24, 2.45) is 0 Å². The van der Waals surface area contributed by atoms with E-state index in [0.29, 0.717) is 6.04 Å². The van der Waals surface area contributed by atoms with Crippen LogP contribution in [0.15, 0.2) is 0 Å². The van der Waals surface area contributed by atoms with Crippen LogP contribution in [0.4, 0.5) is 0 Å². The molecule has 0 aromatic heterocycles. The summed E-state index contributed by atoms with van der Waals surface area (Å²) < 4.78 is 0. The van der Waals surface area contributed by atoms with Crippen molar-refractivity contribution < 1.29 is 5.11 Å².